The van der Waals surface area contributed by atoms with Crippen molar-refractivity contribution < 1.29 is 9.32 Å². The third-order valence-electron chi connectivity index (χ3n) is 4.97. The van der Waals surface area contributed by atoms with Crippen LogP contribution in [-0.4, -0.2) is 50.9 Å². The zero-order valence-corrected chi connectivity index (χ0v) is 14.5. The van der Waals surface area contributed by atoms with Gasteiger partial charge in [-0.1, -0.05) is 5.16 Å². The molecule has 1 aliphatic carbocycles. The molecule has 134 valence electrons. The van der Waals surface area contributed by atoms with Crippen molar-refractivity contribution in [1.82, 2.24) is 30.1 Å². The first-order valence-electron chi connectivity index (χ1n) is 8.99. The van der Waals surface area contributed by atoms with E-state index in [4.69, 9.17) is 4.52 Å². The highest BCUT2D eigenvalue weighted by Gasteiger charge is 2.29. The largest absolute Gasteiger partial charge is 0.337 e. The second kappa shape index (κ2) is 6.95. The lowest BCUT2D eigenvalue weighted by Gasteiger charge is -2.24. The van der Waals surface area contributed by atoms with Gasteiger partial charge in [-0.15, -0.1) is 0 Å². The van der Waals surface area contributed by atoms with Crippen molar-refractivity contribution in [3.63, 3.8) is 0 Å². The molecule has 1 N–H and O–H groups in total. The SMILES string of the molecule is CN(Cc1nc(C2CC2)no1)C(=O)Cn1nccc1C1CCCNC1. The summed E-state index contributed by atoms with van der Waals surface area (Å²) < 4.78 is 7.07. The average Bonchev–Trinajstić information content (AvgIpc) is 3.20. The Labute approximate surface area is 146 Å². The summed E-state index contributed by atoms with van der Waals surface area (Å²) in [4.78, 5) is 18.6. The van der Waals surface area contributed by atoms with Gasteiger partial charge in [-0.25, -0.2) is 0 Å². The average molecular weight is 344 g/mol. The van der Waals surface area contributed by atoms with Gasteiger partial charge < -0.3 is 14.7 Å². The molecule has 2 aromatic heterocycles. The molecule has 8 heteroatoms. The van der Waals surface area contributed by atoms with E-state index >= 15 is 0 Å². The second-order valence-electron chi connectivity index (χ2n) is 7.03. The predicted molar refractivity (Wildman–Crippen MR) is 89.8 cm³/mol. The minimum atomic E-state index is -0.0140. The molecule has 2 aliphatic rings. The van der Waals surface area contributed by atoms with Crippen molar-refractivity contribution in [1.29, 1.82) is 0 Å². The van der Waals surface area contributed by atoms with Crippen molar-refractivity contribution in [2.45, 2.75) is 50.6 Å². The van der Waals surface area contributed by atoms with Gasteiger partial charge in [0.05, 0.1) is 6.54 Å². The quantitative estimate of drug-likeness (QED) is 0.849. The molecule has 0 spiro atoms. The van der Waals surface area contributed by atoms with Crippen LogP contribution >= 0.6 is 0 Å². The first-order valence-corrected chi connectivity index (χ1v) is 8.99. The number of likely N-dealkylation sites (N-methyl/N-ethyl adjacent to an activating group) is 1. The van der Waals surface area contributed by atoms with Crippen LogP contribution in [0.1, 0.15) is 54.9 Å². The van der Waals surface area contributed by atoms with Crippen molar-refractivity contribution in [2.75, 3.05) is 20.1 Å². The Morgan fingerprint density at radius 2 is 2.28 bits per heavy atom. The van der Waals surface area contributed by atoms with Crippen LogP contribution in [0.2, 0.25) is 0 Å². The standard InChI is InChI=1S/C17H24N6O2/c1-22(10-15-20-17(21-25-15)12-4-5-12)16(24)11-23-14(6-8-19-23)13-3-2-7-18-9-13/h6,8,12-13,18H,2-5,7,9-11H2,1H3. The summed E-state index contributed by atoms with van der Waals surface area (Å²) in [6.07, 6.45) is 6.33. The molecule has 4 rings (SSSR count). The minimum absolute atomic E-state index is 0.0140. The number of carbonyl (C=O) groups excluding carboxylic acids is 1. The maximum Gasteiger partial charge on any atom is 0.246 e. The molecule has 25 heavy (non-hydrogen) atoms. The van der Waals surface area contributed by atoms with E-state index in [1.807, 2.05) is 10.7 Å². The fraction of sp³-hybridized carbons (Fsp3) is 0.647. The summed E-state index contributed by atoms with van der Waals surface area (Å²) in [6.45, 7) is 2.58. The molecular weight excluding hydrogens is 320 g/mol. The molecule has 1 saturated carbocycles. The van der Waals surface area contributed by atoms with Gasteiger partial charge in [-0.05, 0) is 38.3 Å². The molecule has 2 aromatic rings. The van der Waals surface area contributed by atoms with Gasteiger partial charge >= 0.3 is 0 Å². The smallest absolute Gasteiger partial charge is 0.246 e. The Morgan fingerprint density at radius 1 is 1.40 bits per heavy atom. The van der Waals surface area contributed by atoms with Crippen LogP contribution in [-0.2, 0) is 17.9 Å². The minimum Gasteiger partial charge on any atom is -0.337 e. The van der Waals surface area contributed by atoms with Gasteiger partial charge in [-0.3, -0.25) is 9.48 Å². The van der Waals surface area contributed by atoms with E-state index in [1.54, 1.807) is 18.1 Å². The molecule has 1 aliphatic heterocycles. The summed E-state index contributed by atoms with van der Waals surface area (Å²) in [5.41, 5.74) is 1.13. The van der Waals surface area contributed by atoms with Crippen LogP contribution in [0, 0.1) is 0 Å². The monoisotopic (exact) mass is 344 g/mol. The van der Waals surface area contributed by atoms with Crippen LogP contribution in [0.3, 0.4) is 0 Å². The Balaban J connectivity index is 1.36. The lowest BCUT2D eigenvalue weighted by molar-refractivity contribution is -0.131. The van der Waals surface area contributed by atoms with E-state index in [1.165, 1.54) is 0 Å². The van der Waals surface area contributed by atoms with E-state index in [0.717, 1.165) is 50.3 Å². The third-order valence-corrected chi connectivity index (χ3v) is 4.97. The normalized spacial score (nSPS) is 20.6. The topological polar surface area (TPSA) is 89.1 Å². The van der Waals surface area contributed by atoms with Crippen LogP contribution in [0.5, 0.6) is 0 Å². The Kier molecular flexibility index (Phi) is 4.52. The molecule has 3 heterocycles. The number of aromatic nitrogens is 4. The van der Waals surface area contributed by atoms with Crippen molar-refractivity contribution in [3.8, 4) is 0 Å². The first-order chi connectivity index (χ1) is 12.2. The molecule has 1 unspecified atom stereocenters. The fourth-order valence-electron chi connectivity index (χ4n) is 3.31. The summed E-state index contributed by atoms with van der Waals surface area (Å²) in [5.74, 6) is 2.13. The third kappa shape index (κ3) is 3.73. The number of nitrogens with one attached hydrogen (secondary N) is 1. The van der Waals surface area contributed by atoms with Gasteiger partial charge in [0.2, 0.25) is 11.8 Å². The molecule has 0 bridgehead atoms. The van der Waals surface area contributed by atoms with E-state index < -0.39 is 0 Å². The molecule has 0 radical (unpaired) electrons. The van der Waals surface area contributed by atoms with Gasteiger partial charge in [0.25, 0.3) is 0 Å². The van der Waals surface area contributed by atoms with Crippen molar-refractivity contribution >= 4 is 5.91 Å². The lowest BCUT2D eigenvalue weighted by atomic mass is 9.96. The molecule has 1 atom stereocenters. The molecular formula is C17H24N6O2. The number of nitrogens with zero attached hydrogens (tertiary/aromatic N) is 5. The van der Waals surface area contributed by atoms with Gasteiger partial charge in [-0.2, -0.15) is 10.1 Å². The van der Waals surface area contributed by atoms with E-state index in [-0.39, 0.29) is 12.5 Å². The summed E-state index contributed by atoms with van der Waals surface area (Å²) in [6, 6.07) is 2.02. The number of carbonyl (C=O) groups is 1. The molecule has 1 amide bonds. The molecule has 2 fully saturated rings. The van der Waals surface area contributed by atoms with Crippen LogP contribution in [0.4, 0.5) is 0 Å². The highest BCUT2D eigenvalue weighted by molar-refractivity contribution is 5.75. The molecule has 1 saturated heterocycles. The summed E-state index contributed by atoms with van der Waals surface area (Å²) in [5, 5.41) is 11.8. The lowest BCUT2D eigenvalue weighted by Crippen LogP contribution is -2.33. The number of hydrogen-bond acceptors (Lipinski definition) is 6. The zero-order chi connectivity index (χ0) is 17.2. The summed E-state index contributed by atoms with van der Waals surface area (Å²) in [7, 11) is 1.76. The Hall–Kier alpha value is -2.22. The Morgan fingerprint density at radius 3 is 3.04 bits per heavy atom. The highest BCUT2D eigenvalue weighted by atomic mass is 16.5. The molecule has 0 aromatic carbocycles. The fourth-order valence-corrected chi connectivity index (χ4v) is 3.31. The first kappa shape index (κ1) is 16.3. The van der Waals surface area contributed by atoms with Crippen LogP contribution in [0.25, 0.3) is 0 Å². The van der Waals surface area contributed by atoms with E-state index in [0.29, 0.717) is 24.3 Å². The summed E-state index contributed by atoms with van der Waals surface area (Å²) >= 11 is 0. The maximum atomic E-state index is 12.6. The maximum absolute atomic E-state index is 12.6. The zero-order valence-electron chi connectivity index (χ0n) is 14.5. The van der Waals surface area contributed by atoms with Gasteiger partial charge in [0.15, 0.2) is 5.82 Å². The molecule has 8 nitrogen and oxygen atoms in total. The second-order valence-corrected chi connectivity index (χ2v) is 7.03. The van der Waals surface area contributed by atoms with Crippen LogP contribution in [0.15, 0.2) is 16.8 Å². The number of piperidine rings is 1. The van der Waals surface area contributed by atoms with Crippen LogP contribution < -0.4 is 5.32 Å². The van der Waals surface area contributed by atoms with Gasteiger partial charge in [0.1, 0.15) is 6.54 Å². The number of amides is 1. The van der Waals surface area contributed by atoms with E-state index in [9.17, 15) is 4.79 Å². The predicted octanol–water partition coefficient (Wildman–Crippen LogP) is 1.27. The number of rotatable bonds is 6. The van der Waals surface area contributed by atoms with Crippen molar-refractivity contribution in [2.24, 2.45) is 0 Å². The Bertz CT molecular complexity index is 729. The number of hydrogen-bond donors (Lipinski definition) is 1. The van der Waals surface area contributed by atoms with Gasteiger partial charge in [0, 0.05) is 37.3 Å². The highest BCUT2D eigenvalue weighted by Crippen LogP contribution is 2.38. The van der Waals surface area contributed by atoms with E-state index in [2.05, 4.69) is 20.6 Å². The van der Waals surface area contributed by atoms with Crippen molar-refractivity contribution in [3.05, 3.63) is 29.7 Å².